The first kappa shape index (κ1) is 20.0. The molecule has 1 aliphatic carbocycles. The van der Waals surface area contributed by atoms with Gasteiger partial charge < -0.3 is 15.4 Å². The molecular formula is C19H30FN3OS. The van der Waals surface area contributed by atoms with E-state index in [-0.39, 0.29) is 5.82 Å². The normalized spacial score (nSPS) is 15.9. The summed E-state index contributed by atoms with van der Waals surface area (Å²) >= 11 is 1.69. The van der Waals surface area contributed by atoms with Crippen LogP contribution in [0.2, 0.25) is 0 Å². The number of ether oxygens (including phenoxy) is 1. The Morgan fingerprint density at radius 1 is 1.32 bits per heavy atom. The molecule has 0 radical (unpaired) electrons. The van der Waals surface area contributed by atoms with Gasteiger partial charge in [0.2, 0.25) is 0 Å². The molecule has 1 saturated carbocycles. The van der Waals surface area contributed by atoms with Crippen LogP contribution in [0.25, 0.3) is 0 Å². The number of thioether (sulfide) groups is 1. The molecule has 1 aromatic rings. The third kappa shape index (κ3) is 6.51. The maximum absolute atomic E-state index is 13.5. The van der Waals surface area contributed by atoms with Crippen molar-refractivity contribution >= 4 is 17.7 Å². The molecule has 25 heavy (non-hydrogen) atoms. The van der Waals surface area contributed by atoms with E-state index >= 15 is 0 Å². The number of hydrogen-bond donors (Lipinski definition) is 2. The zero-order chi connectivity index (χ0) is 18.1. The van der Waals surface area contributed by atoms with E-state index in [0.29, 0.717) is 12.0 Å². The average Bonchev–Trinajstić information content (AvgIpc) is 3.37. The van der Waals surface area contributed by atoms with Gasteiger partial charge in [0.15, 0.2) is 5.96 Å². The lowest BCUT2D eigenvalue weighted by molar-refractivity contribution is 0.172. The van der Waals surface area contributed by atoms with E-state index in [1.807, 2.05) is 12.3 Å². The molecule has 0 amide bonds. The first-order chi connectivity index (χ1) is 12.1. The molecule has 0 unspecified atom stereocenters. The molecule has 0 spiro atoms. The fourth-order valence-corrected chi connectivity index (χ4v) is 3.41. The van der Waals surface area contributed by atoms with Gasteiger partial charge in [0.05, 0.1) is 6.54 Å². The van der Waals surface area contributed by atoms with Crippen molar-refractivity contribution in [3.8, 4) is 0 Å². The van der Waals surface area contributed by atoms with Gasteiger partial charge in [-0.1, -0.05) is 6.07 Å². The lowest BCUT2D eigenvalue weighted by Gasteiger charge is -2.18. The molecule has 0 saturated heterocycles. The highest BCUT2D eigenvalue weighted by atomic mass is 32.2. The predicted molar refractivity (Wildman–Crippen MR) is 105 cm³/mol. The number of hydrogen-bond acceptors (Lipinski definition) is 3. The van der Waals surface area contributed by atoms with Gasteiger partial charge in [0, 0.05) is 32.6 Å². The Hall–Kier alpha value is -1.27. The minimum absolute atomic E-state index is 0.185. The second-order valence-electron chi connectivity index (χ2n) is 6.64. The van der Waals surface area contributed by atoms with Crippen LogP contribution in [0.3, 0.4) is 0 Å². The van der Waals surface area contributed by atoms with Gasteiger partial charge in [0.25, 0.3) is 0 Å². The van der Waals surface area contributed by atoms with Crippen LogP contribution < -0.4 is 10.6 Å². The van der Waals surface area contributed by atoms with Crippen LogP contribution >= 0.6 is 11.8 Å². The summed E-state index contributed by atoms with van der Waals surface area (Å²) in [7, 11) is 1.75. The number of methoxy groups -OCH3 is 1. The summed E-state index contributed by atoms with van der Waals surface area (Å²) in [5.41, 5.74) is 2.46. The van der Waals surface area contributed by atoms with Gasteiger partial charge in [-0.3, -0.25) is 0 Å². The van der Waals surface area contributed by atoms with Crippen LogP contribution in [-0.2, 0) is 17.0 Å². The molecule has 1 aliphatic rings. The quantitative estimate of drug-likeness (QED) is 0.490. The molecule has 0 aliphatic heterocycles. The zero-order valence-electron chi connectivity index (χ0n) is 15.5. The number of guanidine groups is 1. The Morgan fingerprint density at radius 2 is 2.12 bits per heavy atom. The highest BCUT2D eigenvalue weighted by Crippen LogP contribution is 2.48. The molecule has 2 rings (SSSR count). The molecule has 2 N–H and O–H groups in total. The fraction of sp³-hybridized carbons (Fsp3) is 0.632. The number of halogens is 1. The largest absolute Gasteiger partial charge is 0.385 e. The van der Waals surface area contributed by atoms with Crippen molar-refractivity contribution in [1.82, 2.24) is 10.6 Å². The Kier molecular flexibility index (Phi) is 8.03. The predicted octanol–water partition coefficient (Wildman–Crippen LogP) is 3.56. The van der Waals surface area contributed by atoms with Gasteiger partial charge in [-0.15, -0.1) is 0 Å². The summed E-state index contributed by atoms with van der Waals surface area (Å²) in [4.78, 5) is 4.70. The molecule has 140 valence electrons. The number of nitrogens with zero attached hydrogens (tertiary/aromatic N) is 1. The first-order valence-electron chi connectivity index (χ1n) is 8.90. The standard InChI is InChI=1S/C19H30FN3OS/c1-4-21-18(23-14-19(7-8-19)9-10-24-2)22-12-15-5-6-17(20)11-16(15)13-25-3/h5-6,11H,4,7-10,12-14H2,1-3H3,(H2,21,22,23). The van der Waals surface area contributed by atoms with Crippen molar-refractivity contribution in [2.45, 2.75) is 38.5 Å². The molecule has 0 heterocycles. The lowest BCUT2D eigenvalue weighted by atomic mass is 10.0. The van der Waals surface area contributed by atoms with E-state index in [1.54, 1.807) is 24.9 Å². The third-order valence-electron chi connectivity index (χ3n) is 4.64. The van der Waals surface area contributed by atoms with E-state index in [9.17, 15) is 4.39 Å². The van der Waals surface area contributed by atoms with Crippen molar-refractivity contribution in [3.63, 3.8) is 0 Å². The second-order valence-corrected chi connectivity index (χ2v) is 7.50. The Bertz CT molecular complexity index is 576. The average molecular weight is 368 g/mol. The SMILES string of the molecule is CCNC(=NCc1ccc(F)cc1CSC)NCC1(CCOC)CC1. The van der Waals surface area contributed by atoms with Crippen molar-refractivity contribution in [2.75, 3.05) is 33.1 Å². The van der Waals surface area contributed by atoms with Crippen molar-refractivity contribution < 1.29 is 9.13 Å². The van der Waals surface area contributed by atoms with Crippen LogP contribution in [0, 0.1) is 11.2 Å². The minimum atomic E-state index is -0.185. The van der Waals surface area contributed by atoms with Gasteiger partial charge in [-0.25, -0.2) is 9.38 Å². The molecule has 0 aromatic heterocycles. The van der Waals surface area contributed by atoms with Crippen LogP contribution in [0.4, 0.5) is 4.39 Å². The molecule has 4 nitrogen and oxygen atoms in total. The van der Waals surface area contributed by atoms with E-state index < -0.39 is 0 Å². The molecule has 6 heteroatoms. The molecule has 0 bridgehead atoms. The summed E-state index contributed by atoms with van der Waals surface area (Å²) in [6.45, 7) is 5.16. The summed E-state index contributed by atoms with van der Waals surface area (Å²) in [6.07, 6.45) is 5.61. The van der Waals surface area contributed by atoms with Crippen LogP contribution in [0.15, 0.2) is 23.2 Å². The molecular weight excluding hydrogens is 337 g/mol. The molecule has 1 fully saturated rings. The highest BCUT2D eigenvalue weighted by molar-refractivity contribution is 7.97. The Labute approximate surface area is 155 Å². The Balaban J connectivity index is 1.97. The second kappa shape index (κ2) is 10.0. The maximum atomic E-state index is 13.5. The van der Waals surface area contributed by atoms with Crippen molar-refractivity contribution in [3.05, 3.63) is 35.1 Å². The van der Waals surface area contributed by atoms with E-state index in [0.717, 1.165) is 49.0 Å². The zero-order valence-corrected chi connectivity index (χ0v) is 16.3. The van der Waals surface area contributed by atoms with Gasteiger partial charge in [-0.05, 0) is 61.1 Å². The number of benzene rings is 1. The summed E-state index contributed by atoms with van der Waals surface area (Å²) < 4.78 is 18.7. The fourth-order valence-electron chi connectivity index (χ4n) is 2.83. The summed E-state index contributed by atoms with van der Waals surface area (Å²) in [5.74, 6) is 1.44. The minimum Gasteiger partial charge on any atom is -0.385 e. The highest BCUT2D eigenvalue weighted by Gasteiger charge is 2.41. The lowest BCUT2D eigenvalue weighted by Crippen LogP contribution is -2.40. The molecule has 1 aromatic carbocycles. The number of nitrogens with one attached hydrogen (secondary N) is 2. The van der Waals surface area contributed by atoms with Gasteiger partial charge in [-0.2, -0.15) is 11.8 Å². The van der Waals surface area contributed by atoms with E-state index in [2.05, 4.69) is 17.6 Å². The summed E-state index contributed by atoms with van der Waals surface area (Å²) in [5, 5.41) is 6.77. The van der Waals surface area contributed by atoms with E-state index in [4.69, 9.17) is 9.73 Å². The maximum Gasteiger partial charge on any atom is 0.191 e. The van der Waals surface area contributed by atoms with Crippen LogP contribution in [-0.4, -0.2) is 39.0 Å². The van der Waals surface area contributed by atoms with Gasteiger partial charge >= 0.3 is 0 Å². The molecule has 0 atom stereocenters. The van der Waals surface area contributed by atoms with Crippen LogP contribution in [0.1, 0.15) is 37.3 Å². The monoisotopic (exact) mass is 367 g/mol. The Morgan fingerprint density at radius 3 is 2.76 bits per heavy atom. The summed E-state index contributed by atoms with van der Waals surface area (Å²) in [6, 6.07) is 4.97. The number of aliphatic imine (C=N–C) groups is 1. The topological polar surface area (TPSA) is 45.7 Å². The smallest absolute Gasteiger partial charge is 0.191 e. The van der Waals surface area contributed by atoms with E-state index in [1.165, 1.54) is 18.9 Å². The first-order valence-corrected chi connectivity index (χ1v) is 10.3. The van der Waals surface area contributed by atoms with Crippen LogP contribution in [0.5, 0.6) is 0 Å². The number of rotatable bonds is 10. The third-order valence-corrected chi connectivity index (χ3v) is 5.24. The van der Waals surface area contributed by atoms with Gasteiger partial charge in [0.1, 0.15) is 5.82 Å². The van der Waals surface area contributed by atoms with Crippen molar-refractivity contribution in [2.24, 2.45) is 10.4 Å². The van der Waals surface area contributed by atoms with Crippen molar-refractivity contribution in [1.29, 1.82) is 0 Å².